The molecule has 1 amide bonds. The molecular formula is C24H25ClN2O2. The third-order valence-electron chi connectivity index (χ3n) is 7.71. The molecule has 3 saturated carbocycles. The van der Waals surface area contributed by atoms with E-state index in [1.54, 1.807) is 0 Å². The number of amides is 1. The maximum Gasteiger partial charge on any atom is 0.251 e. The second-order valence-corrected chi connectivity index (χ2v) is 10.0. The zero-order valence-electron chi connectivity index (χ0n) is 16.2. The summed E-state index contributed by atoms with van der Waals surface area (Å²) >= 11 is 6.19. The van der Waals surface area contributed by atoms with Crippen LogP contribution >= 0.6 is 11.6 Å². The Bertz CT molecular complexity index is 1140. The number of benzene rings is 2. The molecule has 3 aliphatic rings. The van der Waals surface area contributed by atoms with Gasteiger partial charge in [-0.05, 0) is 92.7 Å². The summed E-state index contributed by atoms with van der Waals surface area (Å²) in [4.78, 5) is 16.5. The number of carbonyl (C=O) groups excluding carboxylic acids is 1. The lowest BCUT2D eigenvalue weighted by Gasteiger charge is -2.33. The average molecular weight is 409 g/mol. The first-order valence-corrected chi connectivity index (χ1v) is 11.1. The van der Waals surface area contributed by atoms with Gasteiger partial charge in [-0.3, -0.25) is 4.79 Å². The van der Waals surface area contributed by atoms with Gasteiger partial charge >= 0.3 is 0 Å². The summed E-state index contributed by atoms with van der Waals surface area (Å²) in [5.74, 6) is 1.58. The minimum atomic E-state index is -0.482. The molecule has 3 unspecified atom stereocenters. The van der Waals surface area contributed by atoms with Crippen molar-refractivity contribution in [3.05, 3.63) is 47.0 Å². The number of carbonyl (C=O) groups is 1. The summed E-state index contributed by atoms with van der Waals surface area (Å²) in [6, 6.07) is 11.8. The van der Waals surface area contributed by atoms with Gasteiger partial charge in [0.15, 0.2) is 0 Å². The van der Waals surface area contributed by atoms with Gasteiger partial charge in [0.05, 0.1) is 5.60 Å². The van der Waals surface area contributed by atoms with E-state index in [4.69, 9.17) is 11.6 Å². The van der Waals surface area contributed by atoms with Crippen molar-refractivity contribution in [3.63, 3.8) is 0 Å². The number of aromatic nitrogens is 1. The van der Waals surface area contributed by atoms with Gasteiger partial charge in [0, 0.05) is 38.4 Å². The van der Waals surface area contributed by atoms with E-state index in [0.717, 1.165) is 53.9 Å². The molecule has 150 valence electrons. The van der Waals surface area contributed by atoms with Crippen LogP contribution in [0.3, 0.4) is 0 Å². The van der Waals surface area contributed by atoms with E-state index in [1.807, 2.05) is 36.4 Å². The molecular weight excluding hydrogens is 384 g/mol. The van der Waals surface area contributed by atoms with Crippen LogP contribution in [-0.4, -0.2) is 27.6 Å². The van der Waals surface area contributed by atoms with Gasteiger partial charge in [-0.15, -0.1) is 0 Å². The molecule has 3 bridgehead atoms. The predicted molar refractivity (Wildman–Crippen MR) is 115 cm³/mol. The van der Waals surface area contributed by atoms with E-state index in [2.05, 4.69) is 10.3 Å². The first-order valence-electron chi connectivity index (χ1n) is 10.7. The second kappa shape index (κ2) is 6.23. The Morgan fingerprint density at radius 1 is 1.07 bits per heavy atom. The zero-order valence-corrected chi connectivity index (χ0v) is 17.0. The predicted octanol–water partition coefficient (Wildman–Crippen LogP) is 5.03. The molecule has 3 N–H and O–H groups in total. The lowest BCUT2D eigenvalue weighted by atomic mass is 9.77. The van der Waals surface area contributed by atoms with Crippen molar-refractivity contribution in [2.24, 2.45) is 17.8 Å². The Hall–Kier alpha value is -2.04. The molecule has 1 aromatic heterocycles. The van der Waals surface area contributed by atoms with Crippen LogP contribution in [0.25, 0.3) is 21.8 Å². The molecule has 0 saturated heterocycles. The molecule has 1 heterocycles. The van der Waals surface area contributed by atoms with Gasteiger partial charge < -0.3 is 15.4 Å². The maximum absolute atomic E-state index is 13.1. The van der Waals surface area contributed by atoms with E-state index in [1.165, 1.54) is 6.42 Å². The number of aromatic amines is 1. The van der Waals surface area contributed by atoms with Crippen LogP contribution in [0.2, 0.25) is 5.02 Å². The smallest absolute Gasteiger partial charge is 0.251 e. The number of aliphatic hydroxyl groups is 1. The van der Waals surface area contributed by atoms with Crippen molar-refractivity contribution < 1.29 is 9.90 Å². The normalized spacial score (nSPS) is 33.3. The highest BCUT2D eigenvalue weighted by atomic mass is 35.5. The lowest BCUT2D eigenvalue weighted by molar-refractivity contribution is -0.00594. The molecule has 3 aromatic rings. The highest BCUT2D eigenvalue weighted by molar-refractivity contribution is 6.31. The molecule has 0 spiro atoms. The number of hydrogen-bond acceptors (Lipinski definition) is 2. The largest absolute Gasteiger partial charge is 0.390 e. The van der Waals surface area contributed by atoms with Gasteiger partial charge in [0.2, 0.25) is 0 Å². The Balaban J connectivity index is 1.30. The standard InChI is InChI=1S/C24H25ClN2O2/c25-16-3-6-21-18(9-16)17-8-14(2-5-20(17)26-21)23(28)27-22-4-1-13-7-15-11-24(29,10-13)12-19(15)22/h2-3,5-6,8-9,13,15,19,22,26,29H,1,4,7,10-12H2,(H,27,28)/t13?,15?,19?,22-,24-/m0/s1. The monoisotopic (exact) mass is 408 g/mol. The van der Waals surface area contributed by atoms with Gasteiger partial charge in [-0.1, -0.05) is 11.6 Å². The van der Waals surface area contributed by atoms with Crippen LogP contribution < -0.4 is 5.32 Å². The summed E-state index contributed by atoms with van der Waals surface area (Å²) in [6.07, 6.45) is 6.09. The molecule has 29 heavy (non-hydrogen) atoms. The molecule has 2 aromatic carbocycles. The van der Waals surface area contributed by atoms with Crippen molar-refractivity contribution in [1.29, 1.82) is 0 Å². The lowest BCUT2D eigenvalue weighted by Crippen LogP contribution is -2.41. The molecule has 6 rings (SSSR count). The average Bonchev–Trinajstić information content (AvgIpc) is 3.13. The number of H-pyrrole nitrogens is 1. The molecule has 3 aliphatic carbocycles. The van der Waals surface area contributed by atoms with E-state index in [0.29, 0.717) is 28.3 Å². The summed E-state index contributed by atoms with van der Waals surface area (Å²) in [5, 5.41) is 17.0. The van der Waals surface area contributed by atoms with Crippen LogP contribution in [0.15, 0.2) is 36.4 Å². The van der Waals surface area contributed by atoms with Gasteiger partial charge in [0.1, 0.15) is 0 Å². The van der Waals surface area contributed by atoms with Crippen LogP contribution in [0.5, 0.6) is 0 Å². The van der Waals surface area contributed by atoms with E-state index in [9.17, 15) is 9.90 Å². The fraction of sp³-hybridized carbons (Fsp3) is 0.458. The highest BCUT2D eigenvalue weighted by Crippen LogP contribution is 2.55. The van der Waals surface area contributed by atoms with Crippen LogP contribution in [0.1, 0.15) is 48.9 Å². The molecule has 0 radical (unpaired) electrons. The molecule has 4 nitrogen and oxygen atoms in total. The molecule has 5 heteroatoms. The van der Waals surface area contributed by atoms with E-state index < -0.39 is 5.60 Å². The number of nitrogens with one attached hydrogen (secondary N) is 2. The quantitative estimate of drug-likeness (QED) is 0.556. The Kier molecular flexibility index (Phi) is 3.82. The molecule has 0 aliphatic heterocycles. The number of halogens is 1. The Morgan fingerprint density at radius 2 is 1.86 bits per heavy atom. The van der Waals surface area contributed by atoms with Crippen molar-refractivity contribution >= 4 is 39.3 Å². The van der Waals surface area contributed by atoms with Crippen molar-refractivity contribution in [2.75, 3.05) is 0 Å². The van der Waals surface area contributed by atoms with Crippen molar-refractivity contribution in [1.82, 2.24) is 10.3 Å². The van der Waals surface area contributed by atoms with E-state index >= 15 is 0 Å². The minimum Gasteiger partial charge on any atom is -0.390 e. The molecule has 3 fully saturated rings. The molecule has 5 atom stereocenters. The van der Waals surface area contributed by atoms with Gasteiger partial charge in [-0.2, -0.15) is 0 Å². The summed E-state index contributed by atoms with van der Waals surface area (Å²) in [7, 11) is 0. The number of rotatable bonds is 2. The number of fused-ring (bicyclic) bond motifs is 5. The summed E-state index contributed by atoms with van der Waals surface area (Å²) < 4.78 is 0. The third-order valence-corrected chi connectivity index (χ3v) is 7.95. The van der Waals surface area contributed by atoms with Crippen LogP contribution in [0, 0.1) is 17.8 Å². The maximum atomic E-state index is 13.1. The second-order valence-electron chi connectivity index (χ2n) is 9.59. The first-order chi connectivity index (χ1) is 14.0. The summed E-state index contributed by atoms with van der Waals surface area (Å²) in [6.45, 7) is 0. The third kappa shape index (κ3) is 2.88. The van der Waals surface area contributed by atoms with Gasteiger partial charge in [0.25, 0.3) is 5.91 Å². The van der Waals surface area contributed by atoms with Crippen molar-refractivity contribution in [2.45, 2.75) is 50.2 Å². The summed E-state index contributed by atoms with van der Waals surface area (Å²) in [5.41, 5.74) is 2.23. The van der Waals surface area contributed by atoms with Crippen LogP contribution in [0.4, 0.5) is 0 Å². The highest BCUT2D eigenvalue weighted by Gasteiger charge is 2.53. The number of hydrogen-bond donors (Lipinski definition) is 3. The Labute approximate surface area is 174 Å². The van der Waals surface area contributed by atoms with Gasteiger partial charge in [-0.25, -0.2) is 0 Å². The fourth-order valence-electron chi connectivity index (χ4n) is 6.56. The first kappa shape index (κ1) is 17.8. The van der Waals surface area contributed by atoms with E-state index in [-0.39, 0.29) is 11.9 Å². The SMILES string of the molecule is O=C(N[C@H]1CCC2CC3C[C@@](O)(C2)CC31)c1ccc2[nH]c3ccc(Cl)cc3c2c1. The zero-order chi connectivity index (χ0) is 19.8. The van der Waals surface area contributed by atoms with Crippen molar-refractivity contribution in [3.8, 4) is 0 Å². The van der Waals surface area contributed by atoms with Crippen LogP contribution in [-0.2, 0) is 0 Å². The Morgan fingerprint density at radius 3 is 2.72 bits per heavy atom. The minimum absolute atomic E-state index is 0.0125. The fourth-order valence-corrected chi connectivity index (χ4v) is 6.74. The topological polar surface area (TPSA) is 65.1 Å².